The number of tetrazole rings is 1. The van der Waals surface area contributed by atoms with Crippen LogP contribution in [0, 0.1) is 6.92 Å². The summed E-state index contributed by atoms with van der Waals surface area (Å²) in [4.78, 5) is 0. The lowest BCUT2D eigenvalue weighted by Gasteiger charge is -2.14. The maximum atomic E-state index is 13.1. The van der Waals surface area contributed by atoms with Gasteiger partial charge in [0.1, 0.15) is 5.75 Å². The molecule has 8 heteroatoms. The van der Waals surface area contributed by atoms with Crippen molar-refractivity contribution in [2.75, 3.05) is 7.11 Å². The normalized spacial score (nSPS) is 11.6. The van der Waals surface area contributed by atoms with Crippen molar-refractivity contribution in [3.8, 4) is 16.9 Å². The summed E-state index contributed by atoms with van der Waals surface area (Å²) in [5, 5.41) is 13.7. The van der Waals surface area contributed by atoms with Crippen LogP contribution in [0.15, 0.2) is 36.4 Å². The molecule has 0 aliphatic rings. The van der Waals surface area contributed by atoms with Gasteiger partial charge >= 0.3 is 6.18 Å². The zero-order valence-corrected chi connectivity index (χ0v) is 13.6. The van der Waals surface area contributed by atoms with E-state index in [1.165, 1.54) is 20.1 Å². The Hall–Kier alpha value is -2.90. The van der Waals surface area contributed by atoms with Gasteiger partial charge in [-0.1, -0.05) is 23.4 Å². The molecular weight excluding hydrogens is 333 g/mol. The fourth-order valence-corrected chi connectivity index (χ4v) is 2.63. The van der Waals surface area contributed by atoms with Gasteiger partial charge in [-0.15, -0.1) is 10.2 Å². The minimum absolute atomic E-state index is 0.191. The van der Waals surface area contributed by atoms with Crippen LogP contribution in [0.4, 0.5) is 13.2 Å². The molecule has 0 unspecified atom stereocenters. The molecule has 0 saturated carbocycles. The van der Waals surface area contributed by atoms with Crippen LogP contribution in [0.1, 0.15) is 22.5 Å². The molecule has 1 heterocycles. The molecule has 0 fully saturated rings. The number of H-pyrrole nitrogens is 1. The highest BCUT2D eigenvalue weighted by molar-refractivity contribution is 5.67. The molecule has 0 amide bonds. The van der Waals surface area contributed by atoms with Crippen molar-refractivity contribution in [1.82, 2.24) is 20.6 Å². The molecule has 0 spiro atoms. The molecule has 2 aromatic carbocycles. The van der Waals surface area contributed by atoms with Crippen LogP contribution >= 0.6 is 0 Å². The molecule has 0 aliphatic heterocycles. The number of ether oxygens (including phenoxy) is 1. The smallest absolute Gasteiger partial charge is 0.416 e. The fourth-order valence-electron chi connectivity index (χ4n) is 2.63. The number of aromatic nitrogens is 4. The third kappa shape index (κ3) is 3.62. The molecular formula is C17H15F3N4O. The van der Waals surface area contributed by atoms with Gasteiger partial charge in [0, 0.05) is 12.0 Å². The number of aromatic amines is 1. The van der Waals surface area contributed by atoms with Gasteiger partial charge in [-0.25, -0.2) is 0 Å². The van der Waals surface area contributed by atoms with Gasteiger partial charge in [0.25, 0.3) is 0 Å². The van der Waals surface area contributed by atoms with Crippen LogP contribution in [0.5, 0.6) is 5.75 Å². The molecule has 0 atom stereocenters. The number of methoxy groups -OCH3 is 1. The van der Waals surface area contributed by atoms with Crippen LogP contribution in [0.25, 0.3) is 11.1 Å². The van der Waals surface area contributed by atoms with Crippen LogP contribution in [0.3, 0.4) is 0 Å². The number of nitrogens with zero attached hydrogens (tertiary/aromatic N) is 3. The number of alkyl halides is 3. The van der Waals surface area contributed by atoms with Crippen molar-refractivity contribution in [2.45, 2.75) is 19.5 Å². The van der Waals surface area contributed by atoms with E-state index in [1.54, 1.807) is 24.3 Å². The number of nitrogens with one attached hydrogen (secondary N) is 1. The van der Waals surface area contributed by atoms with Gasteiger partial charge in [0.15, 0.2) is 5.82 Å². The predicted octanol–water partition coefficient (Wildman–Crippen LogP) is 3.79. The third-order valence-electron chi connectivity index (χ3n) is 3.89. The second-order valence-electron chi connectivity index (χ2n) is 5.56. The van der Waals surface area contributed by atoms with E-state index in [1.807, 2.05) is 0 Å². The number of aryl methyl sites for hydroxylation is 1. The summed E-state index contributed by atoms with van der Waals surface area (Å²) in [6.45, 7) is 1.45. The lowest BCUT2D eigenvalue weighted by molar-refractivity contribution is -0.138. The first-order chi connectivity index (χ1) is 11.9. The van der Waals surface area contributed by atoms with Crippen molar-refractivity contribution >= 4 is 0 Å². The van der Waals surface area contributed by atoms with Gasteiger partial charge in [-0.2, -0.15) is 18.4 Å². The summed E-state index contributed by atoms with van der Waals surface area (Å²) in [7, 11) is 1.53. The summed E-state index contributed by atoms with van der Waals surface area (Å²) in [5.74, 6) is 1.08. The average molecular weight is 348 g/mol. The van der Waals surface area contributed by atoms with Crippen LogP contribution in [-0.2, 0) is 12.6 Å². The van der Waals surface area contributed by atoms with Crippen molar-refractivity contribution in [3.63, 3.8) is 0 Å². The summed E-state index contributed by atoms with van der Waals surface area (Å²) in [5.41, 5.74) is 1.45. The zero-order valence-electron chi connectivity index (χ0n) is 13.6. The molecule has 5 nitrogen and oxygen atoms in total. The second-order valence-corrected chi connectivity index (χ2v) is 5.56. The van der Waals surface area contributed by atoms with Crippen LogP contribution in [0.2, 0.25) is 0 Å². The van der Waals surface area contributed by atoms with Gasteiger partial charge < -0.3 is 4.74 Å². The molecule has 3 aromatic rings. The standard InChI is InChI=1S/C17H15F3N4O/c1-10-3-4-12(8-14(10)17(18,19)20)11-5-6-15(25-2)13(7-11)9-16-21-23-24-22-16/h3-8H,9H2,1-2H3,(H,21,22,23,24). The first-order valence-electron chi connectivity index (χ1n) is 7.46. The van der Waals surface area contributed by atoms with Crippen molar-refractivity contribution in [2.24, 2.45) is 0 Å². The van der Waals surface area contributed by atoms with E-state index in [-0.39, 0.29) is 5.56 Å². The van der Waals surface area contributed by atoms with E-state index in [4.69, 9.17) is 4.74 Å². The maximum Gasteiger partial charge on any atom is 0.416 e. The Bertz CT molecular complexity index is 876. The Morgan fingerprint density at radius 3 is 2.44 bits per heavy atom. The number of halogens is 3. The number of hydrogen-bond acceptors (Lipinski definition) is 4. The first kappa shape index (κ1) is 16.9. The van der Waals surface area contributed by atoms with Crippen LogP contribution in [-0.4, -0.2) is 27.7 Å². The SMILES string of the molecule is COc1ccc(-c2ccc(C)c(C(F)(F)F)c2)cc1Cc1nn[nH]n1. The van der Waals surface area contributed by atoms with E-state index < -0.39 is 11.7 Å². The Balaban J connectivity index is 2.03. The molecule has 1 N–H and O–H groups in total. The van der Waals surface area contributed by atoms with Gasteiger partial charge in [-0.3, -0.25) is 0 Å². The fraction of sp³-hybridized carbons (Fsp3) is 0.235. The Morgan fingerprint density at radius 2 is 1.80 bits per heavy atom. The summed E-state index contributed by atoms with van der Waals surface area (Å²) >= 11 is 0. The Labute approximate surface area is 141 Å². The highest BCUT2D eigenvalue weighted by atomic mass is 19.4. The zero-order chi connectivity index (χ0) is 18.0. The quantitative estimate of drug-likeness (QED) is 0.779. The molecule has 0 bridgehead atoms. The largest absolute Gasteiger partial charge is 0.496 e. The third-order valence-corrected chi connectivity index (χ3v) is 3.89. The average Bonchev–Trinajstić information content (AvgIpc) is 3.07. The van der Waals surface area contributed by atoms with Gasteiger partial charge in [0.05, 0.1) is 12.7 Å². The topological polar surface area (TPSA) is 63.7 Å². The molecule has 1 aromatic heterocycles. The lowest BCUT2D eigenvalue weighted by atomic mass is 9.97. The van der Waals surface area contributed by atoms with Gasteiger partial charge in [-0.05, 0) is 41.8 Å². The highest BCUT2D eigenvalue weighted by Gasteiger charge is 2.32. The predicted molar refractivity (Wildman–Crippen MR) is 85.2 cm³/mol. The molecule has 130 valence electrons. The highest BCUT2D eigenvalue weighted by Crippen LogP contribution is 2.35. The van der Waals surface area contributed by atoms with E-state index in [9.17, 15) is 13.2 Å². The summed E-state index contributed by atoms with van der Waals surface area (Å²) in [6, 6.07) is 9.53. The Kier molecular flexibility index (Phi) is 4.43. The first-order valence-corrected chi connectivity index (χ1v) is 7.46. The van der Waals surface area contributed by atoms with E-state index >= 15 is 0 Å². The lowest BCUT2D eigenvalue weighted by Crippen LogP contribution is -2.07. The molecule has 0 radical (unpaired) electrons. The summed E-state index contributed by atoms with van der Waals surface area (Å²) < 4.78 is 44.8. The van der Waals surface area contributed by atoms with E-state index in [0.717, 1.165) is 11.6 Å². The van der Waals surface area contributed by atoms with Crippen molar-refractivity contribution < 1.29 is 17.9 Å². The van der Waals surface area contributed by atoms with Crippen molar-refractivity contribution in [3.05, 3.63) is 58.9 Å². The monoisotopic (exact) mass is 348 g/mol. The molecule has 3 rings (SSSR count). The van der Waals surface area contributed by atoms with E-state index in [2.05, 4.69) is 20.6 Å². The molecule has 0 saturated heterocycles. The minimum atomic E-state index is -4.39. The maximum absolute atomic E-state index is 13.1. The number of hydrogen-bond donors (Lipinski definition) is 1. The van der Waals surface area contributed by atoms with Crippen molar-refractivity contribution in [1.29, 1.82) is 0 Å². The molecule has 0 aliphatic carbocycles. The minimum Gasteiger partial charge on any atom is -0.496 e. The Morgan fingerprint density at radius 1 is 1.08 bits per heavy atom. The number of rotatable bonds is 4. The molecule has 25 heavy (non-hydrogen) atoms. The summed E-state index contributed by atoms with van der Waals surface area (Å²) in [6.07, 6.45) is -4.04. The van der Waals surface area contributed by atoms with Gasteiger partial charge in [0.2, 0.25) is 0 Å². The van der Waals surface area contributed by atoms with E-state index in [0.29, 0.717) is 29.1 Å². The number of benzene rings is 2. The van der Waals surface area contributed by atoms with Crippen LogP contribution < -0.4 is 4.74 Å². The second kappa shape index (κ2) is 6.54.